The van der Waals surface area contributed by atoms with E-state index in [0.29, 0.717) is 0 Å². The Morgan fingerprint density at radius 2 is 0.750 bits per heavy atom. The molecule has 28 heavy (non-hydrogen) atoms. The molecule has 0 spiro atoms. The van der Waals surface area contributed by atoms with Gasteiger partial charge in [-0.1, -0.05) is 0 Å². The number of allylic oxidation sites excluding steroid dienone is 4. The van der Waals surface area contributed by atoms with Gasteiger partial charge in [-0.05, 0) is 0 Å². The molecule has 0 nitrogen and oxygen atoms in total. The molecule has 1 aromatic carbocycles. The van der Waals surface area contributed by atoms with Crippen LogP contribution in [-0.2, 0) is 0 Å². The summed E-state index contributed by atoms with van der Waals surface area (Å²) in [5, 5.41) is 7.74. The van der Waals surface area contributed by atoms with Gasteiger partial charge in [0, 0.05) is 0 Å². The monoisotopic (exact) mass is 502 g/mol. The first kappa shape index (κ1) is 25.3. The zero-order chi connectivity index (χ0) is 21.5. The van der Waals surface area contributed by atoms with Crippen LogP contribution in [0.3, 0.4) is 0 Å². The molecule has 0 N–H and O–H groups in total. The van der Waals surface area contributed by atoms with Gasteiger partial charge in [-0.15, -0.1) is 0 Å². The Labute approximate surface area is 180 Å². The summed E-state index contributed by atoms with van der Waals surface area (Å²) in [6, 6.07) is 8.86. The van der Waals surface area contributed by atoms with Crippen LogP contribution in [0.15, 0.2) is 59.4 Å². The normalized spacial score (nSPS) is 11.9. The van der Waals surface area contributed by atoms with Gasteiger partial charge >= 0.3 is 181 Å². The summed E-state index contributed by atoms with van der Waals surface area (Å²) in [5.41, 5.74) is 4.74. The molecule has 0 saturated heterocycles. The van der Waals surface area contributed by atoms with Crippen LogP contribution in [0.4, 0.5) is 0 Å². The Hall–Kier alpha value is -0.734. The Bertz CT molecular complexity index is 634. The van der Waals surface area contributed by atoms with Gasteiger partial charge < -0.3 is 0 Å². The van der Waals surface area contributed by atoms with Crippen LogP contribution in [0.1, 0.15) is 52.7 Å². The van der Waals surface area contributed by atoms with Gasteiger partial charge in [0.2, 0.25) is 0 Å². The molecule has 0 unspecified atom stereocenters. The fourth-order valence-corrected chi connectivity index (χ4v) is 19.6. The van der Waals surface area contributed by atoms with Gasteiger partial charge in [0.1, 0.15) is 0 Å². The molecule has 0 bridgehead atoms. The van der Waals surface area contributed by atoms with Gasteiger partial charge in [0.05, 0.1) is 0 Å². The summed E-state index contributed by atoms with van der Waals surface area (Å²) in [5.74, 6) is 0. The predicted molar refractivity (Wildman–Crippen MR) is 137 cm³/mol. The van der Waals surface area contributed by atoms with E-state index >= 15 is 0 Å². The van der Waals surface area contributed by atoms with Crippen molar-refractivity contribution in [2.24, 2.45) is 0 Å². The molecule has 154 valence electrons. The minimum atomic E-state index is -2.05. The average molecular weight is 500 g/mol. The summed E-state index contributed by atoms with van der Waals surface area (Å²) in [7, 11) is 0. The van der Waals surface area contributed by atoms with Crippen molar-refractivity contribution >= 4 is 37.7 Å². The number of hydrogen-bond acceptors (Lipinski definition) is 0. The minimum absolute atomic E-state index is 1.16. The van der Waals surface area contributed by atoms with Crippen molar-refractivity contribution in [1.29, 1.82) is 0 Å². The van der Waals surface area contributed by atoms with Crippen molar-refractivity contribution in [2.45, 2.75) is 73.1 Å². The average Bonchev–Trinajstić information content (AvgIpc) is 2.75. The van der Waals surface area contributed by atoms with Crippen LogP contribution < -0.4 is 0 Å². The van der Waals surface area contributed by atoms with E-state index in [2.05, 4.69) is 92.1 Å². The number of benzene rings is 1. The first-order chi connectivity index (χ1) is 13.2. The Morgan fingerprint density at radius 3 is 0.929 bits per heavy atom. The Balaban J connectivity index is 3.12. The molecular weight excluding hydrogens is 458 g/mol. The van der Waals surface area contributed by atoms with Gasteiger partial charge in [-0.25, -0.2) is 0 Å². The topological polar surface area (TPSA) is 0 Å². The fraction of sp³-hybridized carbons (Fsp3) is 0.462. The van der Waals surface area contributed by atoms with Crippen molar-refractivity contribution in [3.05, 3.63) is 70.5 Å². The molecule has 0 aromatic heterocycles. The molecule has 0 atom stereocenters. The van der Waals surface area contributed by atoms with Crippen molar-refractivity contribution in [2.75, 3.05) is 0 Å². The molecule has 0 radical (unpaired) electrons. The second-order valence-corrected chi connectivity index (χ2v) is 30.4. The van der Waals surface area contributed by atoms with Gasteiger partial charge in [-0.2, -0.15) is 0 Å². The molecule has 0 saturated carbocycles. The summed E-state index contributed by atoms with van der Waals surface area (Å²) < 4.78 is 2.75. The van der Waals surface area contributed by atoms with Crippen molar-refractivity contribution in [3.63, 3.8) is 0 Å². The third-order valence-electron chi connectivity index (χ3n) is 7.65. The van der Waals surface area contributed by atoms with E-state index in [1.807, 2.05) is 0 Å². The molecule has 0 fully saturated rings. The van der Waals surface area contributed by atoms with Gasteiger partial charge in [0.15, 0.2) is 0 Å². The number of rotatable bonds is 12. The summed E-state index contributed by atoms with van der Waals surface area (Å²) in [6.07, 6.45) is 0. The molecule has 0 aliphatic carbocycles. The van der Waals surface area contributed by atoms with E-state index in [-0.39, 0.29) is 0 Å². The van der Waals surface area contributed by atoms with E-state index in [1.54, 1.807) is 0 Å². The van der Waals surface area contributed by atoms with Crippen LogP contribution in [0.2, 0.25) is 31.5 Å². The van der Waals surface area contributed by atoms with Crippen molar-refractivity contribution in [1.82, 2.24) is 0 Å². The van der Waals surface area contributed by atoms with Crippen LogP contribution in [-0.4, -0.2) is 26.5 Å². The molecule has 2 heteroatoms. The van der Waals surface area contributed by atoms with Gasteiger partial charge in [0.25, 0.3) is 0 Å². The third-order valence-corrected chi connectivity index (χ3v) is 31.3. The molecule has 1 aromatic rings. The number of hydrogen-bond donors (Lipinski definition) is 0. The quantitative estimate of drug-likeness (QED) is 0.199. The van der Waals surface area contributed by atoms with Crippen LogP contribution in [0.25, 0.3) is 11.1 Å². The second-order valence-electron chi connectivity index (χ2n) is 8.17. The molecule has 0 aliphatic rings. The predicted octanol–water partition coefficient (Wildman–Crippen LogP) is 8.92. The maximum atomic E-state index is 4.53. The Kier molecular flexibility index (Phi) is 9.83. The van der Waals surface area contributed by atoms with Gasteiger partial charge in [-0.3, -0.25) is 0 Å². The summed E-state index contributed by atoms with van der Waals surface area (Å²) in [6.45, 7) is 32.0. The molecular formula is C26H42Ge2. The van der Waals surface area contributed by atoms with Crippen LogP contribution >= 0.6 is 0 Å². The Morgan fingerprint density at radius 1 is 0.536 bits per heavy atom. The first-order valence-electron chi connectivity index (χ1n) is 11.1. The van der Waals surface area contributed by atoms with E-state index in [0.717, 1.165) is 11.1 Å². The first-order valence-corrected chi connectivity index (χ1v) is 22.1. The zero-order valence-electron chi connectivity index (χ0n) is 19.4. The van der Waals surface area contributed by atoms with Crippen LogP contribution in [0, 0.1) is 0 Å². The van der Waals surface area contributed by atoms with Crippen molar-refractivity contribution < 1.29 is 0 Å². The SMILES string of the molecule is C=C([C](=C)[Ge]([CH2]C)([CH2]C)[CH2]C)c1ccc(C(=C)[C](=C)[Ge]([CH2]C)([CH2]C)[CH2]C)cc1. The van der Waals surface area contributed by atoms with E-state index in [4.69, 9.17) is 0 Å². The van der Waals surface area contributed by atoms with Crippen molar-refractivity contribution in [3.8, 4) is 0 Å². The molecule has 0 heterocycles. The summed E-state index contributed by atoms with van der Waals surface area (Å²) >= 11 is -4.10. The summed E-state index contributed by atoms with van der Waals surface area (Å²) in [4.78, 5) is 0. The maximum absolute atomic E-state index is 4.53. The standard InChI is InChI=1S/C26H42Ge2/c1-11-27(12-2,13-3)23(9)21(7)25-17-19-26(20-18-25)22(8)24(10)28(14-4,15-5)16-6/h17-20H,7-16H2,1-6H3. The second kappa shape index (κ2) is 10.9. The van der Waals surface area contributed by atoms with E-state index < -0.39 is 26.5 Å². The molecule has 0 amide bonds. The van der Waals surface area contributed by atoms with E-state index in [1.165, 1.54) is 51.5 Å². The van der Waals surface area contributed by atoms with E-state index in [9.17, 15) is 0 Å². The molecule has 0 aliphatic heterocycles. The van der Waals surface area contributed by atoms with Crippen LogP contribution in [0.5, 0.6) is 0 Å². The third kappa shape index (κ3) is 4.87. The molecule has 1 rings (SSSR count). The zero-order valence-corrected chi connectivity index (χ0v) is 23.6. The fourth-order valence-electron chi connectivity index (χ4n) is 4.64.